The molecular formula is C16H17F4NO3. The molecule has 0 radical (unpaired) electrons. The van der Waals surface area contributed by atoms with Gasteiger partial charge in [-0.05, 0) is 30.5 Å². The molecule has 1 aliphatic carbocycles. The van der Waals surface area contributed by atoms with E-state index in [-0.39, 0.29) is 24.1 Å². The van der Waals surface area contributed by atoms with Crippen molar-refractivity contribution >= 4 is 17.6 Å². The summed E-state index contributed by atoms with van der Waals surface area (Å²) in [5.41, 5.74) is -0.0514. The summed E-state index contributed by atoms with van der Waals surface area (Å²) in [6.45, 7) is 0. The molecule has 2 rings (SSSR count). The first-order chi connectivity index (χ1) is 11.2. The van der Waals surface area contributed by atoms with Gasteiger partial charge in [-0.2, -0.15) is 13.2 Å². The Labute approximate surface area is 135 Å². The minimum absolute atomic E-state index is 0.0122. The summed E-state index contributed by atoms with van der Waals surface area (Å²) in [6.07, 6.45) is -3.95. The second kappa shape index (κ2) is 7.19. The van der Waals surface area contributed by atoms with Gasteiger partial charge < -0.3 is 10.4 Å². The van der Waals surface area contributed by atoms with Crippen molar-refractivity contribution in [2.24, 2.45) is 11.8 Å². The summed E-state index contributed by atoms with van der Waals surface area (Å²) in [5.74, 6) is -5.71. The van der Waals surface area contributed by atoms with Gasteiger partial charge in [-0.3, -0.25) is 9.59 Å². The maximum absolute atomic E-state index is 13.8. The van der Waals surface area contributed by atoms with Crippen molar-refractivity contribution in [2.75, 3.05) is 5.32 Å². The second-order valence-electron chi connectivity index (χ2n) is 5.91. The van der Waals surface area contributed by atoms with E-state index in [1.807, 2.05) is 0 Å². The van der Waals surface area contributed by atoms with Crippen molar-refractivity contribution in [3.8, 4) is 0 Å². The van der Waals surface area contributed by atoms with E-state index in [4.69, 9.17) is 5.11 Å². The Bertz CT molecular complexity index is 630. The van der Waals surface area contributed by atoms with Crippen LogP contribution in [-0.4, -0.2) is 23.2 Å². The quantitative estimate of drug-likeness (QED) is 0.815. The molecule has 8 heteroatoms. The van der Waals surface area contributed by atoms with Gasteiger partial charge >= 0.3 is 12.1 Å². The SMILES string of the molecule is O=C(O)Cc1ccc(NC(=O)C2CCCCC2C(F)(F)F)cc1F. The summed E-state index contributed by atoms with van der Waals surface area (Å²) in [6, 6.07) is 3.40. The highest BCUT2D eigenvalue weighted by Crippen LogP contribution is 2.41. The molecule has 1 aliphatic rings. The second-order valence-corrected chi connectivity index (χ2v) is 5.91. The first-order valence-electron chi connectivity index (χ1n) is 7.56. The number of amides is 1. The predicted molar refractivity (Wildman–Crippen MR) is 77.9 cm³/mol. The van der Waals surface area contributed by atoms with Crippen LogP contribution in [0.2, 0.25) is 0 Å². The van der Waals surface area contributed by atoms with Crippen LogP contribution in [0, 0.1) is 17.7 Å². The highest BCUT2D eigenvalue weighted by molar-refractivity contribution is 5.93. The topological polar surface area (TPSA) is 66.4 Å². The molecule has 1 fully saturated rings. The number of hydrogen-bond acceptors (Lipinski definition) is 2. The molecule has 1 aromatic carbocycles. The van der Waals surface area contributed by atoms with Crippen LogP contribution in [-0.2, 0) is 16.0 Å². The largest absolute Gasteiger partial charge is 0.481 e. The van der Waals surface area contributed by atoms with Crippen LogP contribution in [0.1, 0.15) is 31.2 Å². The minimum atomic E-state index is -4.45. The fourth-order valence-electron chi connectivity index (χ4n) is 3.00. The lowest BCUT2D eigenvalue weighted by molar-refractivity contribution is -0.197. The van der Waals surface area contributed by atoms with Gasteiger partial charge in [0.05, 0.1) is 12.3 Å². The van der Waals surface area contributed by atoms with Crippen LogP contribution in [0.4, 0.5) is 23.2 Å². The molecule has 2 unspecified atom stereocenters. The molecule has 0 heterocycles. The smallest absolute Gasteiger partial charge is 0.392 e. The number of benzene rings is 1. The zero-order valence-corrected chi connectivity index (χ0v) is 12.7. The highest BCUT2D eigenvalue weighted by Gasteiger charge is 2.48. The standard InChI is InChI=1S/C16H17F4NO3/c17-13-8-10(6-5-9(13)7-14(22)23)21-15(24)11-3-1-2-4-12(11)16(18,19)20/h5-6,8,11-12H,1-4,7H2,(H,21,24)(H,22,23). The maximum atomic E-state index is 13.8. The van der Waals surface area contributed by atoms with E-state index in [0.29, 0.717) is 12.8 Å². The lowest BCUT2D eigenvalue weighted by atomic mass is 9.78. The number of anilines is 1. The Kier molecular flexibility index (Phi) is 5.46. The molecule has 1 aromatic rings. The van der Waals surface area contributed by atoms with Gasteiger partial charge in [-0.15, -0.1) is 0 Å². The number of carboxylic acid groups (broad SMARTS) is 1. The van der Waals surface area contributed by atoms with Crippen molar-refractivity contribution in [3.63, 3.8) is 0 Å². The molecule has 2 atom stereocenters. The minimum Gasteiger partial charge on any atom is -0.481 e. The number of hydrogen-bond donors (Lipinski definition) is 2. The van der Waals surface area contributed by atoms with Crippen LogP contribution in [0.3, 0.4) is 0 Å². The zero-order valence-electron chi connectivity index (χ0n) is 12.7. The van der Waals surface area contributed by atoms with E-state index in [2.05, 4.69) is 5.32 Å². The van der Waals surface area contributed by atoms with Gasteiger partial charge in [-0.25, -0.2) is 4.39 Å². The highest BCUT2D eigenvalue weighted by atomic mass is 19.4. The van der Waals surface area contributed by atoms with Gasteiger partial charge in [0.25, 0.3) is 0 Å². The van der Waals surface area contributed by atoms with E-state index in [1.165, 1.54) is 12.1 Å². The summed E-state index contributed by atoms with van der Waals surface area (Å²) in [7, 11) is 0. The summed E-state index contributed by atoms with van der Waals surface area (Å²) in [5, 5.41) is 10.9. The first kappa shape index (κ1) is 18.2. The number of halogens is 4. The fourth-order valence-corrected chi connectivity index (χ4v) is 3.00. The van der Waals surface area contributed by atoms with Gasteiger partial charge in [0.15, 0.2) is 0 Å². The van der Waals surface area contributed by atoms with Gasteiger partial charge in [-0.1, -0.05) is 18.9 Å². The molecule has 4 nitrogen and oxygen atoms in total. The number of aliphatic carboxylic acids is 1. The molecule has 0 aromatic heterocycles. The van der Waals surface area contributed by atoms with Crippen LogP contribution in [0.15, 0.2) is 18.2 Å². The average molecular weight is 347 g/mol. The van der Waals surface area contributed by atoms with Crippen molar-refractivity contribution < 1.29 is 32.3 Å². The Morgan fingerprint density at radius 2 is 1.88 bits per heavy atom. The van der Waals surface area contributed by atoms with Crippen molar-refractivity contribution in [1.82, 2.24) is 0 Å². The van der Waals surface area contributed by atoms with Crippen molar-refractivity contribution in [1.29, 1.82) is 0 Å². The molecule has 1 saturated carbocycles. The van der Waals surface area contributed by atoms with Gasteiger partial charge in [0.2, 0.25) is 5.91 Å². The van der Waals surface area contributed by atoms with E-state index < -0.39 is 42.1 Å². The number of carboxylic acids is 1. The number of rotatable bonds is 4. The Hall–Kier alpha value is -2.12. The number of alkyl halides is 3. The number of carbonyl (C=O) groups excluding carboxylic acids is 1. The summed E-state index contributed by atoms with van der Waals surface area (Å²) >= 11 is 0. The summed E-state index contributed by atoms with van der Waals surface area (Å²) in [4.78, 5) is 22.7. The lowest BCUT2D eigenvalue weighted by Crippen LogP contribution is -2.39. The lowest BCUT2D eigenvalue weighted by Gasteiger charge is -2.32. The molecule has 0 spiro atoms. The Morgan fingerprint density at radius 3 is 2.46 bits per heavy atom. The zero-order chi connectivity index (χ0) is 17.9. The van der Waals surface area contributed by atoms with E-state index in [0.717, 1.165) is 6.07 Å². The van der Waals surface area contributed by atoms with Crippen LogP contribution >= 0.6 is 0 Å². The normalized spacial score (nSPS) is 21.3. The fraction of sp³-hybridized carbons (Fsp3) is 0.500. The molecule has 1 amide bonds. The monoisotopic (exact) mass is 347 g/mol. The molecule has 2 N–H and O–H groups in total. The third kappa shape index (κ3) is 4.46. The number of carbonyl (C=O) groups is 2. The van der Waals surface area contributed by atoms with Gasteiger partial charge in [0, 0.05) is 11.6 Å². The van der Waals surface area contributed by atoms with E-state index in [9.17, 15) is 27.2 Å². The molecule has 0 saturated heterocycles. The van der Waals surface area contributed by atoms with Crippen LogP contribution in [0.5, 0.6) is 0 Å². The molecule has 0 aliphatic heterocycles. The van der Waals surface area contributed by atoms with Crippen molar-refractivity contribution in [3.05, 3.63) is 29.6 Å². The van der Waals surface area contributed by atoms with Crippen molar-refractivity contribution in [2.45, 2.75) is 38.3 Å². The Balaban J connectivity index is 2.10. The molecular weight excluding hydrogens is 330 g/mol. The van der Waals surface area contributed by atoms with Gasteiger partial charge in [0.1, 0.15) is 5.82 Å². The predicted octanol–water partition coefficient (Wildman–Crippen LogP) is 3.76. The third-order valence-electron chi connectivity index (χ3n) is 4.19. The molecule has 24 heavy (non-hydrogen) atoms. The van der Waals surface area contributed by atoms with E-state index >= 15 is 0 Å². The average Bonchev–Trinajstić information content (AvgIpc) is 2.49. The third-order valence-corrected chi connectivity index (χ3v) is 4.19. The Morgan fingerprint density at radius 1 is 1.21 bits per heavy atom. The maximum Gasteiger partial charge on any atom is 0.392 e. The van der Waals surface area contributed by atoms with Crippen LogP contribution in [0.25, 0.3) is 0 Å². The van der Waals surface area contributed by atoms with Crippen LogP contribution < -0.4 is 5.32 Å². The summed E-state index contributed by atoms with van der Waals surface area (Å²) < 4.78 is 52.9. The molecule has 132 valence electrons. The molecule has 0 bridgehead atoms. The number of nitrogens with one attached hydrogen (secondary N) is 1. The van der Waals surface area contributed by atoms with E-state index in [1.54, 1.807) is 0 Å². The first-order valence-corrected chi connectivity index (χ1v) is 7.56.